The topological polar surface area (TPSA) is 47.6 Å². The molecule has 0 spiro atoms. The highest BCUT2D eigenvalue weighted by Gasteiger charge is 2.13. The van der Waals surface area contributed by atoms with Gasteiger partial charge in [0.2, 0.25) is 0 Å². The largest absolute Gasteiger partial charge is 0.497 e. The lowest BCUT2D eigenvalue weighted by atomic mass is 10.1. The van der Waals surface area contributed by atoms with Crippen LogP contribution in [0.15, 0.2) is 54.7 Å². The van der Waals surface area contributed by atoms with Crippen molar-refractivity contribution in [1.29, 1.82) is 0 Å². The minimum Gasteiger partial charge on any atom is -0.497 e. The van der Waals surface area contributed by atoms with Gasteiger partial charge in [0, 0.05) is 16.9 Å². The standard InChI is InChI=1S/C18H18ClNO3/c1-3-23-18(21)17(13-4-10-16(22-2)11-5-13)12-20-15-8-6-14(19)7-9-15/h4-12,20H,3H2,1-2H3/b17-12-. The number of methoxy groups -OCH3 is 1. The second-order valence-corrected chi connectivity index (χ2v) is 5.09. The van der Waals surface area contributed by atoms with Gasteiger partial charge in [-0.2, -0.15) is 0 Å². The summed E-state index contributed by atoms with van der Waals surface area (Å²) in [5.41, 5.74) is 2.00. The highest BCUT2D eigenvalue weighted by Crippen LogP contribution is 2.21. The SMILES string of the molecule is CCOC(=O)/C(=C\Nc1ccc(Cl)cc1)c1ccc(OC)cc1. The van der Waals surface area contributed by atoms with Crippen LogP contribution in [0.2, 0.25) is 5.02 Å². The van der Waals surface area contributed by atoms with Crippen LogP contribution in [0.4, 0.5) is 5.69 Å². The second-order valence-electron chi connectivity index (χ2n) is 4.66. The lowest BCUT2D eigenvalue weighted by Crippen LogP contribution is -2.08. The lowest BCUT2D eigenvalue weighted by molar-refractivity contribution is -0.136. The molecule has 2 rings (SSSR count). The first-order valence-electron chi connectivity index (χ1n) is 7.18. The summed E-state index contributed by atoms with van der Waals surface area (Å²) < 4.78 is 10.3. The van der Waals surface area contributed by atoms with Crippen molar-refractivity contribution < 1.29 is 14.3 Å². The predicted octanol–water partition coefficient (Wildman–Crippen LogP) is 4.36. The zero-order valence-electron chi connectivity index (χ0n) is 13.0. The smallest absolute Gasteiger partial charge is 0.340 e. The van der Waals surface area contributed by atoms with Crippen LogP contribution in [-0.2, 0) is 9.53 Å². The van der Waals surface area contributed by atoms with E-state index in [0.29, 0.717) is 17.2 Å². The van der Waals surface area contributed by atoms with Crippen molar-refractivity contribution in [2.24, 2.45) is 0 Å². The highest BCUT2D eigenvalue weighted by molar-refractivity contribution is 6.30. The number of halogens is 1. The molecule has 4 nitrogen and oxygen atoms in total. The van der Waals surface area contributed by atoms with E-state index in [4.69, 9.17) is 21.1 Å². The molecule has 0 fully saturated rings. The number of rotatable bonds is 6. The molecule has 0 aliphatic rings. The Labute approximate surface area is 140 Å². The van der Waals surface area contributed by atoms with Crippen LogP contribution < -0.4 is 10.1 Å². The van der Waals surface area contributed by atoms with Gasteiger partial charge in [-0.1, -0.05) is 23.7 Å². The minimum absolute atomic E-state index is 0.313. The fourth-order valence-corrected chi connectivity index (χ4v) is 2.07. The molecule has 0 bridgehead atoms. The Balaban J connectivity index is 2.26. The van der Waals surface area contributed by atoms with E-state index in [9.17, 15) is 4.79 Å². The van der Waals surface area contributed by atoms with Crippen LogP contribution in [0.5, 0.6) is 5.75 Å². The van der Waals surface area contributed by atoms with E-state index in [1.54, 1.807) is 44.5 Å². The molecule has 0 aliphatic carbocycles. The van der Waals surface area contributed by atoms with E-state index >= 15 is 0 Å². The van der Waals surface area contributed by atoms with Crippen LogP contribution in [0, 0.1) is 0 Å². The van der Waals surface area contributed by atoms with Crippen molar-refractivity contribution in [3.63, 3.8) is 0 Å². The van der Waals surface area contributed by atoms with Gasteiger partial charge in [-0.05, 0) is 48.9 Å². The Morgan fingerprint density at radius 3 is 2.35 bits per heavy atom. The van der Waals surface area contributed by atoms with Crippen molar-refractivity contribution >= 4 is 28.8 Å². The fraction of sp³-hybridized carbons (Fsp3) is 0.167. The van der Waals surface area contributed by atoms with E-state index < -0.39 is 0 Å². The number of hydrogen-bond donors (Lipinski definition) is 1. The van der Waals surface area contributed by atoms with E-state index in [2.05, 4.69) is 5.32 Å². The summed E-state index contributed by atoms with van der Waals surface area (Å²) >= 11 is 5.86. The normalized spacial score (nSPS) is 11.0. The van der Waals surface area contributed by atoms with Crippen molar-refractivity contribution in [3.8, 4) is 5.75 Å². The molecular formula is C18H18ClNO3. The maximum Gasteiger partial charge on any atom is 0.340 e. The molecule has 0 saturated carbocycles. The maximum absolute atomic E-state index is 12.2. The number of nitrogens with one attached hydrogen (secondary N) is 1. The third-order valence-corrected chi connectivity index (χ3v) is 3.38. The molecule has 0 radical (unpaired) electrons. The first kappa shape index (κ1) is 16.9. The second kappa shape index (κ2) is 8.25. The van der Waals surface area contributed by atoms with Gasteiger partial charge >= 0.3 is 5.97 Å². The summed E-state index contributed by atoms with van der Waals surface area (Å²) in [6.45, 7) is 2.09. The summed E-state index contributed by atoms with van der Waals surface area (Å²) in [7, 11) is 1.60. The summed E-state index contributed by atoms with van der Waals surface area (Å²) in [5.74, 6) is 0.335. The summed E-state index contributed by atoms with van der Waals surface area (Å²) in [5, 5.41) is 3.74. The van der Waals surface area contributed by atoms with Gasteiger partial charge in [0.05, 0.1) is 19.3 Å². The van der Waals surface area contributed by atoms with Crippen LogP contribution in [0.25, 0.3) is 5.57 Å². The molecule has 0 heterocycles. The number of carbonyl (C=O) groups is 1. The van der Waals surface area contributed by atoms with Crippen molar-refractivity contribution in [2.75, 3.05) is 19.0 Å². The Morgan fingerprint density at radius 2 is 1.78 bits per heavy atom. The maximum atomic E-state index is 12.2. The average molecular weight is 332 g/mol. The third-order valence-electron chi connectivity index (χ3n) is 3.12. The molecule has 2 aromatic carbocycles. The Hall–Kier alpha value is -2.46. The average Bonchev–Trinajstić information content (AvgIpc) is 2.57. The minimum atomic E-state index is -0.390. The van der Waals surface area contributed by atoms with Gasteiger partial charge in [-0.3, -0.25) is 0 Å². The number of anilines is 1. The van der Waals surface area contributed by atoms with E-state index in [1.165, 1.54) is 0 Å². The zero-order chi connectivity index (χ0) is 16.7. The highest BCUT2D eigenvalue weighted by atomic mass is 35.5. The molecule has 0 amide bonds. The van der Waals surface area contributed by atoms with Gasteiger partial charge < -0.3 is 14.8 Å². The molecule has 0 aromatic heterocycles. The molecule has 5 heteroatoms. The summed E-state index contributed by atoms with van der Waals surface area (Å²) in [6.07, 6.45) is 1.63. The quantitative estimate of drug-likeness (QED) is 0.631. The Kier molecular flexibility index (Phi) is 6.06. The van der Waals surface area contributed by atoms with Gasteiger partial charge in [-0.15, -0.1) is 0 Å². The number of benzene rings is 2. The van der Waals surface area contributed by atoms with Crippen LogP contribution in [0.1, 0.15) is 12.5 Å². The van der Waals surface area contributed by atoms with Gasteiger partial charge in [-0.25, -0.2) is 4.79 Å². The zero-order valence-corrected chi connectivity index (χ0v) is 13.8. The first-order valence-corrected chi connectivity index (χ1v) is 7.55. The van der Waals surface area contributed by atoms with E-state index in [0.717, 1.165) is 17.0 Å². The molecule has 0 atom stereocenters. The molecule has 120 valence electrons. The van der Waals surface area contributed by atoms with Crippen LogP contribution in [0.3, 0.4) is 0 Å². The number of carbonyl (C=O) groups excluding carboxylic acids is 1. The van der Waals surface area contributed by atoms with Crippen molar-refractivity contribution in [1.82, 2.24) is 0 Å². The molecule has 0 saturated heterocycles. The predicted molar refractivity (Wildman–Crippen MR) is 92.7 cm³/mol. The number of hydrogen-bond acceptors (Lipinski definition) is 4. The first-order chi connectivity index (χ1) is 11.1. The fourth-order valence-electron chi connectivity index (χ4n) is 1.94. The van der Waals surface area contributed by atoms with E-state index in [1.807, 2.05) is 24.3 Å². The van der Waals surface area contributed by atoms with Gasteiger partial charge in [0.15, 0.2) is 0 Å². The molecule has 23 heavy (non-hydrogen) atoms. The van der Waals surface area contributed by atoms with E-state index in [-0.39, 0.29) is 5.97 Å². The molecule has 1 N–H and O–H groups in total. The third kappa shape index (κ3) is 4.76. The Bertz CT molecular complexity index is 678. The summed E-state index contributed by atoms with van der Waals surface area (Å²) in [4.78, 5) is 12.2. The number of esters is 1. The van der Waals surface area contributed by atoms with Crippen molar-refractivity contribution in [3.05, 3.63) is 65.3 Å². The molecule has 0 unspecified atom stereocenters. The van der Waals surface area contributed by atoms with Gasteiger partial charge in [0.1, 0.15) is 5.75 Å². The van der Waals surface area contributed by atoms with Crippen LogP contribution >= 0.6 is 11.6 Å². The monoisotopic (exact) mass is 331 g/mol. The number of ether oxygens (including phenoxy) is 2. The molecular weight excluding hydrogens is 314 g/mol. The van der Waals surface area contributed by atoms with Crippen LogP contribution in [-0.4, -0.2) is 19.7 Å². The van der Waals surface area contributed by atoms with Gasteiger partial charge in [0.25, 0.3) is 0 Å². The molecule has 2 aromatic rings. The Morgan fingerprint density at radius 1 is 1.13 bits per heavy atom. The lowest BCUT2D eigenvalue weighted by Gasteiger charge is -2.09. The summed E-state index contributed by atoms with van der Waals surface area (Å²) in [6, 6.07) is 14.4. The molecule has 0 aliphatic heterocycles. The van der Waals surface area contributed by atoms with Crippen molar-refractivity contribution in [2.45, 2.75) is 6.92 Å².